The minimum Gasteiger partial charge on any atom is -0.496 e. The summed E-state index contributed by atoms with van der Waals surface area (Å²) in [5, 5.41) is 0. The van der Waals surface area contributed by atoms with Gasteiger partial charge in [0.1, 0.15) is 80.9 Å². The summed E-state index contributed by atoms with van der Waals surface area (Å²) in [6, 6.07) is 62.2. The van der Waals surface area contributed by atoms with Crippen LogP contribution in [0.15, 0.2) is 193 Å². The molecule has 0 amide bonds. The first-order valence-electron chi connectivity index (χ1n) is 55.1. The Morgan fingerprint density at radius 1 is 0.313 bits per heavy atom. The second-order valence-electron chi connectivity index (χ2n) is 42.8. The van der Waals surface area contributed by atoms with Gasteiger partial charge >= 0.3 is 0 Å². The highest BCUT2D eigenvalue weighted by Gasteiger charge is 2.21. The van der Waals surface area contributed by atoms with Crippen molar-refractivity contribution in [2.24, 2.45) is 71.0 Å². The molecule has 0 aromatic heterocycles. The van der Waals surface area contributed by atoms with E-state index in [4.69, 9.17) is 18.9 Å². The number of ketones is 10. The lowest BCUT2D eigenvalue weighted by molar-refractivity contribution is -0.122. The molecule has 1 saturated heterocycles. The summed E-state index contributed by atoms with van der Waals surface area (Å²) >= 11 is 3.47. The number of hydrogen-bond acceptors (Lipinski definition) is 14. The smallest absolute Gasteiger partial charge is 0.135 e. The molecule has 1 saturated carbocycles. The van der Waals surface area contributed by atoms with E-state index in [0.29, 0.717) is 110 Å². The molecule has 2 aliphatic rings. The lowest BCUT2D eigenvalue weighted by Gasteiger charge is -2.21. The number of rotatable bonds is 49. The number of benzene rings is 8. The number of carbonyl (C=O) groups excluding carboxylic acids is 10. The van der Waals surface area contributed by atoms with Crippen molar-refractivity contribution in [1.29, 1.82) is 0 Å². The van der Waals surface area contributed by atoms with E-state index in [-0.39, 0.29) is 76.6 Å². The van der Waals surface area contributed by atoms with Gasteiger partial charge in [-0.05, 0) is 229 Å². The molecule has 1 unspecified atom stereocenters. The van der Waals surface area contributed by atoms with Gasteiger partial charge < -0.3 is 18.9 Å². The zero-order valence-electron chi connectivity index (χ0n) is 95.8. The van der Waals surface area contributed by atoms with Gasteiger partial charge in [0.25, 0.3) is 0 Å². The SMILES string of the molecule is CC(C)C(=O)CCC1CCOC1.CC(C)C(=O)CCCCC1CCCCC1.CC(C)C(=O)CCCCc1ccccc1.CC(C)C(=O)CCCOc1ccccc1.CC(C)C(=O)CCc1ccccc1Br.COc1cc(CCC(=O)C(C)C)cc(OC)c1C.Cc1cc(F)cc(CCC(=O)C(C)C)c1.Cc1ccc(CCC(=O)C(C)C)cc1.Cc1ccc(CCCC(=O)C(C)C)cc1.Cc1ccccc1CCC(=O)C(C)C. The van der Waals surface area contributed by atoms with Crippen LogP contribution in [-0.4, -0.2) is 91.9 Å². The summed E-state index contributed by atoms with van der Waals surface area (Å²) in [6.07, 6.45) is 29.7. The van der Waals surface area contributed by atoms with Crippen molar-refractivity contribution in [2.75, 3.05) is 34.0 Å². The Morgan fingerprint density at radius 2 is 0.667 bits per heavy atom. The zero-order valence-corrected chi connectivity index (χ0v) is 97.4. The Bertz CT molecular complexity index is 4790. The van der Waals surface area contributed by atoms with Crippen LogP contribution in [0.3, 0.4) is 0 Å². The van der Waals surface area contributed by atoms with Crippen LogP contribution in [0.2, 0.25) is 0 Å². The minimum atomic E-state index is -0.220. The van der Waals surface area contributed by atoms with Gasteiger partial charge in [-0.2, -0.15) is 0 Å². The Labute approximate surface area is 898 Å². The molecule has 8 aromatic rings. The molecule has 0 N–H and O–H groups in total. The van der Waals surface area contributed by atoms with Gasteiger partial charge in [0.2, 0.25) is 0 Å². The molecule has 0 spiro atoms. The van der Waals surface area contributed by atoms with Gasteiger partial charge in [0.05, 0.1) is 20.8 Å². The number of halogens is 2. The predicted octanol–water partition coefficient (Wildman–Crippen LogP) is 33.0. The first-order valence-corrected chi connectivity index (χ1v) is 55.9. The Balaban J connectivity index is 0.000000818. The lowest BCUT2D eigenvalue weighted by Crippen LogP contribution is -2.09. The van der Waals surface area contributed by atoms with Crippen LogP contribution in [0.25, 0.3) is 0 Å². The molecular weight excluding hydrogens is 1900 g/mol. The Hall–Kier alpha value is -9.77. The van der Waals surface area contributed by atoms with Crippen molar-refractivity contribution in [1.82, 2.24) is 0 Å². The number of methoxy groups -OCH3 is 2. The van der Waals surface area contributed by atoms with Crippen LogP contribution < -0.4 is 14.2 Å². The topological polar surface area (TPSA) is 208 Å². The highest BCUT2D eigenvalue weighted by Crippen LogP contribution is 2.32. The van der Waals surface area contributed by atoms with Crippen molar-refractivity contribution in [3.05, 3.63) is 265 Å². The molecule has 0 bridgehead atoms. The molecule has 2 fully saturated rings. The van der Waals surface area contributed by atoms with Gasteiger partial charge in [-0.1, -0.05) is 356 Å². The molecule has 14 nitrogen and oxygen atoms in total. The first-order chi connectivity index (χ1) is 69.7. The number of unbranched alkanes of at least 4 members (excludes halogenated alkanes) is 2. The average Bonchev–Trinajstić information content (AvgIpc) is 1.21. The molecule has 10 rings (SSSR count). The van der Waals surface area contributed by atoms with E-state index in [9.17, 15) is 52.3 Å². The Kier molecular flexibility index (Phi) is 73.8. The molecule has 1 heterocycles. The van der Waals surface area contributed by atoms with E-state index < -0.39 is 0 Å². The maximum atomic E-state index is 13.0. The normalized spacial score (nSPS) is 12.4. The van der Waals surface area contributed by atoms with Gasteiger partial charge in [0, 0.05) is 147 Å². The molecule has 147 heavy (non-hydrogen) atoms. The van der Waals surface area contributed by atoms with Gasteiger partial charge in [-0.25, -0.2) is 4.39 Å². The number of carbonyl (C=O) groups is 10. The number of hydrogen-bond donors (Lipinski definition) is 0. The van der Waals surface area contributed by atoms with Crippen LogP contribution in [0.1, 0.15) is 359 Å². The van der Waals surface area contributed by atoms with Crippen LogP contribution >= 0.6 is 15.9 Å². The first kappa shape index (κ1) is 135. The summed E-state index contributed by atoms with van der Waals surface area (Å²) in [7, 11) is 3.29. The molecule has 8 aromatic carbocycles. The number of para-hydroxylation sites is 1. The maximum absolute atomic E-state index is 13.0. The fraction of sp³-hybridized carbons (Fsp3) is 0.557. The summed E-state index contributed by atoms with van der Waals surface area (Å²) in [5.41, 5.74) is 14.2. The molecule has 1 aliphatic carbocycles. The second kappa shape index (κ2) is 80.2. The molecule has 16 heteroatoms. The zero-order chi connectivity index (χ0) is 110. The van der Waals surface area contributed by atoms with Crippen molar-refractivity contribution in [2.45, 2.75) is 372 Å². The summed E-state index contributed by atoms with van der Waals surface area (Å²) in [6.45, 7) is 51.5. The van der Waals surface area contributed by atoms with E-state index in [1.807, 2.05) is 237 Å². The molecule has 0 radical (unpaired) electrons. The Morgan fingerprint density at radius 3 is 1.09 bits per heavy atom. The van der Waals surface area contributed by atoms with E-state index in [0.717, 1.165) is 166 Å². The fourth-order valence-electron chi connectivity index (χ4n) is 15.6. The largest absolute Gasteiger partial charge is 0.496 e. The third-order valence-electron chi connectivity index (χ3n) is 26.4. The van der Waals surface area contributed by atoms with Crippen molar-refractivity contribution in [3.63, 3.8) is 0 Å². The van der Waals surface area contributed by atoms with Crippen LogP contribution in [0, 0.1) is 111 Å². The fourth-order valence-corrected chi connectivity index (χ4v) is 16.1. The van der Waals surface area contributed by atoms with Crippen LogP contribution in [-0.2, 0) is 97.6 Å². The monoisotopic (exact) mass is 2090 g/mol. The maximum Gasteiger partial charge on any atom is 0.135 e. The van der Waals surface area contributed by atoms with Crippen molar-refractivity contribution >= 4 is 73.8 Å². The molecule has 1 atom stereocenters. The van der Waals surface area contributed by atoms with Crippen molar-refractivity contribution in [3.8, 4) is 17.2 Å². The highest BCUT2D eigenvalue weighted by molar-refractivity contribution is 9.10. The molecule has 814 valence electrons. The highest BCUT2D eigenvalue weighted by atomic mass is 79.9. The van der Waals surface area contributed by atoms with Crippen LogP contribution in [0.4, 0.5) is 4.39 Å². The minimum absolute atomic E-state index is 0.0691. The van der Waals surface area contributed by atoms with Gasteiger partial charge in [0.15, 0.2) is 0 Å². The molecular formula is C131H192BrFO14. The van der Waals surface area contributed by atoms with E-state index >= 15 is 0 Å². The van der Waals surface area contributed by atoms with E-state index in [1.165, 1.54) is 102 Å². The third kappa shape index (κ3) is 66.4. The summed E-state index contributed by atoms with van der Waals surface area (Å²) in [5.74, 6) is 8.97. The number of Topliss-reactive ketones (excluding diaryl/α,β-unsaturated/α-hetero) is 10. The van der Waals surface area contributed by atoms with E-state index in [1.54, 1.807) is 14.2 Å². The van der Waals surface area contributed by atoms with Gasteiger partial charge in [-0.3, -0.25) is 47.9 Å². The number of aryl methyl sites for hydroxylation is 11. The predicted molar refractivity (Wildman–Crippen MR) is 614 cm³/mol. The number of ether oxygens (including phenoxy) is 4. The van der Waals surface area contributed by atoms with Crippen molar-refractivity contribution < 1.29 is 71.3 Å². The second-order valence-corrected chi connectivity index (χ2v) is 43.6. The van der Waals surface area contributed by atoms with Gasteiger partial charge in [-0.15, -0.1) is 0 Å². The quantitative estimate of drug-likeness (QED) is 0.0325. The summed E-state index contributed by atoms with van der Waals surface area (Å²) < 4.78 is 35.5. The lowest BCUT2D eigenvalue weighted by atomic mass is 9.85. The summed E-state index contributed by atoms with van der Waals surface area (Å²) in [4.78, 5) is 114. The average molecular weight is 2090 g/mol. The standard InChI is InChI=1S/C15H22O3.C14H20O.C14H26O.C14H20O.C13H17FO.C13H18O2.2C13H18O.C12H15BrO.C10H18O2/c1-10(2)13(16)7-6-12-8-14(17-4)11(3)15(9-12)18-5;1-11(2)14(15)6-4-5-13-9-7-12(3)8-10-13;2*1-12(2)14(15)11-7-6-10-13-8-4-3-5-9-13;1-9(2)13(15)5-4-11-6-10(3)7-12(14)8-11;1-11(2)13(14)9-6-10-15-12-7-4-3-5-8-12;1-10(2)13(14)9-8-12-6-4-11(3)5-7-12;1-10(2)13(14)9-8-12-7-5-4-6-11(12)3;1-9(2)12(14)8-7-10-5-3-4-6-11(10)13;1-8(2)10(11)4-3-9-5-6-12-7-9/h8-10H,6-7H2,1-5H3;7-11H,4-6H2,1-3H3;12-13H,3-11H2,1-2H3;3-5,8-9,12H,6-7,10-11H2,1-2H3;6-9H,4-5H2,1-3H3;3-5,7-8,11H,6,9-10H2,1-2H3;2*4-7,10H,8-9H2,1-3H3;3-6,9H,7-8H2,1-2H3;8-9H,3-7H2,1-2H3. The third-order valence-corrected chi connectivity index (χ3v) is 27.1. The molecule has 1 aliphatic heterocycles. The van der Waals surface area contributed by atoms with E-state index in [2.05, 4.69) is 128 Å². The van der Waals surface area contributed by atoms with Crippen LogP contribution in [0.5, 0.6) is 17.2 Å².